The minimum absolute atomic E-state index is 0.00142. The number of likely N-dealkylation sites (tertiary alicyclic amines) is 1. The minimum Gasteiger partial charge on any atom is -0.489 e. The number of nitrogens with one attached hydrogen (secondary N) is 1. The summed E-state index contributed by atoms with van der Waals surface area (Å²) in [5, 5.41) is 11.9. The highest BCUT2D eigenvalue weighted by atomic mass is 19.1. The van der Waals surface area contributed by atoms with Crippen molar-refractivity contribution in [2.45, 2.75) is 32.3 Å². The van der Waals surface area contributed by atoms with E-state index in [1.165, 1.54) is 23.1 Å². The van der Waals surface area contributed by atoms with Gasteiger partial charge in [0.2, 0.25) is 0 Å². The van der Waals surface area contributed by atoms with E-state index in [0.29, 0.717) is 31.9 Å². The van der Waals surface area contributed by atoms with Crippen molar-refractivity contribution in [1.82, 2.24) is 4.90 Å². The number of hydrogen-bond acceptors (Lipinski definition) is 4. The van der Waals surface area contributed by atoms with E-state index in [4.69, 9.17) is 9.47 Å². The summed E-state index contributed by atoms with van der Waals surface area (Å²) >= 11 is 0. The topological polar surface area (TPSA) is 88.1 Å². The number of benzene rings is 1. The van der Waals surface area contributed by atoms with Gasteiger partial charge in [-0.05, 0) is 38.3 Å². The van der Waals surface area contributed by atoms with Gasteiger partial charge in [-0.15, -0.1) is 0 Å². The minimum atomic E-state index is -0.960. The van der Waals surface area contributed by atoms with Gasteiger partial charge in [-0.25, -0.2) is 9.18 Å². The number of halogens is 1. The highest BCUT2D eigenvalue weighted by Gasteiger charge is 2.42. The number of carboxylic acids is 1. The molecule has 1 aromatic rings. The van der Waals surface area contributed by atoms with Crippen LogP contribution in [0.2, 0.25) is 0 Å². The Morgan fingerprint density at radius 1 is 1.50 bits per heavy atom. The Hall–Kier alpha value is -2.35. The summed E-state index contributed by atoms with van der Waals surface area (Å²) in [6, 6.07) is 3.45. The first kappa shape index (κ1) is 18.4. The quantitative estimate of drug-likeness (QED) is 0.837. The largest absolute Gasteiger partial charge is 0.489 e. The Labute approximate surface area is 151 Å². The van der Waals surface area contributed by atoms with E-state index in [1.807, 2.05) is 0 Å². The van der Waals surface area contributed by atoms with E-state index >= 15 is 0 Å². The van der Waals surface area contributed by atoms with E-state index in [0.717, 1.165) is 12.8 Å². The molecule has 3 rings (SSSR count). The van der Waals surface area contributed by atoms with Gasteiger partial charge in [0, 0.05) is 25.8 Å². The van der Waals surface area contributed by atoms with E-state index in [1.54, 1.807) is 6.92 Å². The number of amides is 2. The first-order valence-corrected chi connectivity index (χ1v) is 8.71. The summed E-state index contributed by atoms with van der Waals surface area (Å²) < 4.78 is 24.8. The van der Waals surface area contributed by atoms with Crippen molar-refractivity contribution in [2.24, 2.45) is 5.41 Å². The number of rotatable bonds is 5. The molecule has 2 fully saturated rings. The first-order valence-electron chi connectivity index (χ1n) is 8.71. The molecular formula is C18H23FN2O5. The first-order chi connectivity index (χ1) is 12.4. The highest BCUT2D eigenvalue weighted by Crippen LogP contribution is 2.32. The molecular weight excluding hydrogens is 343 g/mol. The van der Waals surface area contributed by atoms with Gasteiger partial charge in [-0.2, -0.15) is 0 Å². The lowest BCUT2D eigenvalue weighted by atomic mass is 9.90. The van der Waals surface area contributed by atoms with Crippen LogP contribution in [0.25, 0.3) is 0 Å². The van der Waals surface area contributed by atoms with Gasteiger partial charge in [-0.3, -0.25) is 4.79 Å². The van der Waals surface area contributed by atoms with Gasteiger partial charge in [0.1, 0.15) is 18.2 Å². The molecule has 2 heterocycles. The van der Waals surface area contributed by atoms with Crippen molar-refractivity contribution < 1.29 is 28.6 Å². The molecule has 0 aliphatic carbocycles. The zero-order valence-corrected chi connectivity index (χ0v) is 14.7. The Morgan fingerprint density at radius 2 is 2.31 bits per heavy atom. The number of carbonyl (C=O) groups excluding carboxylic acids is 1. The second kappa shape index (κ2) is 7.49. The zero-order valence-electron chi connectivity index (χ0n) is 14.7. The fourth-order valence-corrected chi connectivity index (χ4v) is 3.19. The maximum Gasteiger partial charge on any atom is 0.321 e. The number of hydrogen-bond donors (Lipinski definition) is 2. The standard InChI is InChI=1S/C18H23FN2O5/c1-18(16(22)23)6-7-21(11-18)17(24)20-14-9-12(19)4-5-15(14)26-10-13-3-2-8-25-13/h4-5,9,13H,2-3,6-8,10-11H2,1H3,(H,20,24)(H,22,23). The number of aliphatic carboxylic acids is 1. The van der Waals surface area contributed by atoms with Crippen LogP contribution in [0.1, 0.15) is 26.2 Å². The van der Waals surface area contributed by atoms with Crippen molar-refractivity contribution in [3.05, 3.63) is 24.0 Å². The van der Waals surface area contributed by atoms with Gasteiger partial charge < -0.3 is 24.8 Å². The van der Waals surface area contributed by atoms with Crippen LogP contribution in [0, 0.1) is 11.2 Å². The van der Waals surface area contributed by atoms with Crippen LogP contribution >= 0.6 is 0 Å². The lowest BCUT2D eigenvalue weighted by Gasteiger charge is -2.21. The van der Waals surface area contributed by atoms with Gasteiger partial charge in [0.15, 0.2) is 0 Å². The summed E-state index contributed by atoms with van der Waals surface area (Å²) in [5.74, 6) is -1.07. The van der Waals surface area contributed by atoms with Crippen molar-refractivity contribution in [3.63, 3.8) is 0 Å². The second-order valence-electron chi connectivity index (χ2n) is 7.05. The molecule has 2 saturated heterocycles. The van der Waals surface area contributed by atoms with E-state index in [-0.39, 0.29) is 18.3 Å². The van der Waals surface area contributed by atoms with Crippen LogP contribution in [0.15, 0.2) is 18.2 Å². The molecule has 2 unspecified atom stereocenters. The van der Waals surface area contributed by atoms with Crippen LogP contribution in [0.4, 0.5) is 14.9 Å². The van der Waals surface area contributed by atoms with Crippen LogP contribution in [0.5, 0.6) is 5.75 Å². The molecule has 2 aliphatic rings. The molecule has 7 nitrogen and oxygen atoms in total. The maximum atomic E-state index is 13.6. The van der Waals surface area contributed by atoms with E-state index in [9.17, 15) is 19.1 Å². The summed E-state index contributed by atoms with van der Waals surface area (Å²) in [4.78, 5) is 25.2. The summed E-state index contributed by atoms with van der Waals surface area (Å²) in [7, 11) is 0. The molecule has 8 heteroatoms. The van der Waals surface area contributed by atoms with Gasteiger partial charge in [-0.1, -0.05) is 0 Å². The van der Waals surface area contributed by atoms with E-state index < -0.39 is 23.2 Å². The third-order valence-corrected chi connectivity index (χ3v) is 4.91. The molecule has 2 atom stereocenters. The molecule has 0 aromatic heterocycles. The number of carboxylic acid groups (broad SMARTS) is 1. The Kier molecular flexibility index (Phi) is 5.31. The average Bonchev–Trinajstić information content (AvgIpc) is 3.24. The van der Waals surface area contributed by atoms with Gasteiger partial charge in [0.05, 0.1) is 17.2 Å². The van der Waals surface area contributed by atoms with Crippen LogP contribution in [-0.4, -0.2) is 54.4 Å². The van der Waals surface area contributed by atoms with Crippen LogP contribution in [0.3, 0.4) is 0 Å². The summed E-state index contributed by atoms with van der Waals surface area (Å²) in [6.07, 6.45) is 2.27. The number of ether oxygens (including phenoxy) is 2. The molecule has 0 saturated carbocycles. The predicted octanol–water partition coefficient (Wildman–Crippen LogP) is 2.71. The lowest BCUT2D eigenvalue weighted by Crippen LogP contribution is -2.37. The molecule has 1 aromatic carbocycles. The Morgan fingerprint density at radius 3 is 2.96 bits per heavy atom. The smallest absolute Gasteiger partial charge is 0.321 e. The molecule has 26 heavy (non-hydrogen) atoms. The number of anilines is 1. The lowest BCUT2D eigenvalue weighted by molar-refractivity contribution is -0.146. The Bertz CT molecular complexity index is 692. The van der Waals surface area contributed by atoms with Crippen LogP contribution in [-0.2, 0) is 9.53 Å². The normalized spacial score (nSPS) is 25.3. The number of urea groups is 1. The fourth-order valence-electron chi connectivity index (χ4n) is 3.19. The third kappa shape index (κ3) is 4.07. The molecule has 0 bridgehead atoms. The Balaban J connectivity index is 1.65. The van der Waals surface area contributed by atoms with Crippen LogP contribution < -0.4 is 10.1 Å². The number of nitrogens with zero attached hydrogens (tertiary/aromatic N) is 1. The van der Waals surface area contributed by atoms with Gasteiger partial charge in [0.25, 0.3) is 0 Å². The van der Waals surface area contributed by atoms with Gasteiger partial charge >= 0.3 is 12.0 Å². The van der Waals surface area contributed by atoms with Crippen molar-refractivity contribution >= 4 is 17.7 Å². The fraction of sp³-hybridized carbons (Fsp3) is 0.556. The maximum absolute atomic E-state index is 13.6. The number of carbonyl (C=O) groups is 2. The molecule has 142 valence electrons. The van der Waals surface area contributed by atoms with Crippen molar-refractivity contribution in [2.75, 3.05) is 31.6 Å². The highest BCUT2D eigenvalue weighted by molar-refractivity contribution is 5.92. The van der Waals surface area contributed by atoms with Crippen molar-refractivity contribution in [1.29, 1.82) is 0 Å². The monoisotopic (exact) mass is 366 g/mol. The third-order valence-electron chi connectivity index (χ3n) is 4.91. The van der Waals surface area contributed by atoms with E-state index in [2.05, 4.69) is 5.32 Å². The summed E-state index contributed by atoms with van der Waals surface area (Å²) in [6.45, 7) is 3.08. The molecule has 2 N–H and O–H groups in total. The molecule has 2 amide bonds. The molecule has 0 spiro atoms. The summed E-state index contributed by atoms with van der Waals surface area (Å²) in [5.41, 5.74) is -0.741. The average molecular weight is 366 g/mol. The van der Waals surface area contributed by atoms with Crippen molar-refractivity contribution in [3.8, 4) is 5.75 Å². The molecule has 0 radical (unpaired) electrons. The second-order valence-corrected chi connectivity index (χ2v) is 7.05. The molecule has 2 aliphatic heterocycles. The SMILES string of the molecule is CC1(C(=O)O)CCN(C(=O)Nc2cc(F)ccc2OCC2CCCO2)C1. The zero-order chi connectivity index (χ0) is 18.7. The predicted molar refractivity (Wildman–Crippen MR) is 91.8 cm³/mol.